The van der Waals surface area contributed by atoms with Gasteiger partial charge in [-0.1, -0.05) is 46.3 Å². The molecule has 0 aliphatic rings. The van der Waals surface area contributed by atoms with Gasteiger partial charge in [-0.3, -0.25) is 0 Å². The third-order valence-electron chi connectivity index (χ3n) is 2.17. The highest BCUT2D eigenvalue weighted by atomic mass is 79.9. The fourth-order valence-corrected chi connectivity index (χ4v) is 1.87. The van der Waals surface area contributed by atoms with Crippen molar-refractivity contribution in [3.8, 4) is 0 Å². The molecule has 0 spiro atoms. The van der Waals surface area contributed by atoms with Crippen molar-refractivity contribution in [3.05, 3.63) is 35.9 Å². The van der Waals surface area contributed by atoms with E-state index in [1.807, 2.05) is 6.07 Å². The highest BCUT2D eigenvalue weighted by Crippen LogP contribution is 2.20. The van der Waals surface area contributed by atoms with Gasteiger partial charge in [-0.25, -0.2) is 0 Å². The Balaban J connectivity index is 2.58. The van der Waals surface area contributed by atoms with Crippen LogP contribution in [0.2, 0.25) is 0 Å². The van der Waals surface area contributed by atoms with Gasteiger partial charge in [0.1, 0.15) is 0 Å². The molecule has 1 aromatic rings. The van der Waals surface area contributed by atoms with E-state index in [1.165, 1.54) is 5.56 Å². The first-order valence-corrected chi connectivity index (χ1v) is 6.40. The second-order valence-corrected chi connectivity index (χ2v) is 5.33. The monoisotopic (exact) mass is 270 g/mol. The molecule has 0 fully saturated rings. The van der Waals surface area contributed by atoms with Gasteiger partial charge in [-0.2, -0.15) is 0 Å². The van der Waals surface area contributed by atoms with Crippen LogP contribution in [-0.2, 0) is 4.74 Å². The molecule has 1 rings (SSSR count). The van der Waals surface area contributed by atoms with Crippen LogP contribution in [0, 0.1) is 0 Å². The summed E-state index contributed by atoms with van der Waals surface area (Å²) in [6.07, 6.45) is 0. The summed E-state index contributed by atoms with van der Waals surface area (Å²) >= 11 is 3.54. The van der Waals surface area contributed by atoms with E-state index >= 15 is 0 Å². The number of ether oxygens (including phenoxy) is 1. The highest BCUT2D eigenvalue weighted by Gasteiger charge is 2.15. The maximum absolute atomic E-state index is 5.81. The first-order chi connectivity index (χ1) is 7.03. The van der Waals surface area contributed by atoms with Crippen LogP contribution in [0.4, 0.5) is 0 Å². The molecular formula is C13H19BrO. The molecule has 0 N–H and O–H groups in total. The zero-order valence-electron chi connectivity index (χ0n) is 9.66. The van der Waals surface area contributed by atoms with Gasteiger partial charge in [0.05, 0.1) is 12.2 Å². The van der Waals surface area contributed by atoms with Crippen molar-refractivity contribution >= 4 is 15.9 Å². The summed E-state index contributed by atoms with van der Waals surface area (Å²) < 4.78 is 5.81. The molecule has 1 nitrogen and oxygen atoms in total. The summed E-state index contributed by atoms with van der Waals surface area (Å²) in [6.45, 7) is 7.02. The Morgan fingerprint density at radius 1 is 1.20 bits per heavy atom. The molecule has 2 heteroatoms. The molecule has 0 heterocycles. The lowest BCUT2D eigenvalue weighted by Crippen LogP contribution is -2.23. The van der Waals surface area contributed by atoms with Gasteiger partial charge >= 0.3 is 0 Å². The SMILES string of the molecule is CC(C)(C)OCC(CBr)c1ccccc1. The summed E-state index contributed by atoms with van der Waals surface area (Å²) in [5.74, 6) is 0.436. The maximum atomic E-state index is 5.81. The second-order valence-electron chi connectivity index (χ2n) is 4.69. The van der Waals surface area contributed by atoms with E-state index in [2.05, 4.69) is 61.0 Å². The third-order valence-corrected chi connectivity index (χ3v) is 2.96. The zero-order chi connectivity index (χ0) is 11.3. The number of hydrogen-bond donors (Lipinski definition) is 0. The smallest absolute Gasteiger partial charge is 0.0598 e. The maximum Gasteiger partial charge on any atom is 0.0598 e. The Kier molecular flexibility index (Phi) is 4.81. The molecule has 15 heavy (non-hydrogen) atoms. The number of rotatable bonds is 4. The van der Waals surface area contributed by atoms with Crippen LogP contribution in [0.25, 0.3) is 0 Å². The number of halogens is 1. The summed E-state index contributed by atoms with van der Waals surface area (Å²) in [5.41, 5.74) is 1.27. The lowest BCUT2D eigenvalue weighted by atomic mass is 10.0. The first kappa shape index (κ1) is 12.7. The van der Waals surface area contributed by atoms with Gasteiger partial charge in [0, 0.05) is 11.2 Å². The lowest BCUT2D eigenvalue weighted by molar-refractivity contribution is -0.00823. The minimum Gasteiger partial charge on any atom is -0.375 e. The number of alkyl halides is 1. The van der Waals surface area contributed by atoms with Crippen LogP contribution in [0.15, 0.2) is 30.3 Å². The van der Waals surface area contributed by atoms with E-state index in [9.17, 15) is 0 Å². The van der Waals surface area contributed by atoms with Crippen LogP contribution in [0.3, 0.4) is 0 Å². The van der Waals surface area contributed by atoms with Crippen LogP contribution in [-0.4, -0.2) is 17.5 Å². The molecule has 0 saturated carbocycles. The molecule has 0 amide bonds. The summed E-state index contributed by atoms with van der Waals surface area (Å²) in [5, 5.41) is 0.938. The van der Waals surface area contributed by atoms with E-state index in [1.54, 1.807) is 0 Å². The van der Waals surface area contributed by atoms with E-state index in [0.717, 1.165) is 11.9 Å². The van der Waals surface area contributed by atoms with Crippen LogP contribution in [0.5, 0.6) is 0 Å². The molecule has 0 aliphatic heterocycles. The zero-order valence-corrected chi connectivity index (χ0v) is 11.3. The molecule has 0 bridgehead atoms. The largest absolute Gasteiger partial charge is 0.375 e. The van der Waals surface area contributed by atoms with E-state index in [4.69, 9.17) is 4.74 Å². The Morgan fingerprint density at radius 3 is 2.27 bits per heavy atom. The molecule has 1 atom stereocenters. The van der Waals surface area contributed by atoms with E-state index in [-0.39, 0.29) is 5.60 Å². The minimum absolute atomic E-state index is 0.0603. The molecule has 1 aromatic carbocycles. The van der Waals surface area contributed by atoms with E-state index < -0.39 is 0 Å². The first-order valence-electron chi connectivity index (χ1n) is 5.28. The molecular weight excluding hydrogens is 252 g/mol. The fraction of sp³-hybridized carbons (Fsp3) is 0.538. The van der Waals surface area contributed by atoms with Crippen molar-refractivity contribution in [3.63, 3.8) is 0 Å². The minimum atomic E-state index is -0.0603. The topological polar surface area (TPSA) is 9.23 Å². The van der Waals surface area contributed by atoms with Gasteiger partial charge in [0.15, 0.2) is 0 Å². The molecule has 1 unspecified atom stereocenters. The van der Waals surface area contributed by atoms with Crippen LogP contribution >= 0.6 is 15.9 Å². The predicted octanol–water partition coefficient (Wildman–Crippen LogP) is 3.98. The van der Waals surface area contributed by atoms with Crippen molar-refractivity contribution in [2.24, 2.45) is 0 Å². The molecule has 0 aliphatic carbocycles. The van der Waals surface area contributed by atoms with Crippen LogP contribution < -0.4 is 0 Å². The van der Waals surface area contributed by atoms with Gasteiger partial charge in [-0.05, 0) is 26.3 Å². The highest BCUT2D eigenvalue weighted by molar-refractivity contribution is 9.09. The molecule has 0 aromatic heterocycles. The van der Waals surface area contributed by atoms with Crippen LogP contribution in [0.1, 0.15) is 32.3 Å². The second kappa shape index (κ2) is 5.66. The molecule has 84 valence electrons. The molecule has 0 radical (unpaired) electrons. The molecule has 0 saturated heterocycles. The summed E-state index contributed by atoms with van der Waals surface area (Å²) in [4.78, 5) is 0. The quantitative estimate of drug-likeness (QED) is 0.753. The fourth-order valence-electron chi connectivity index (χ4n) is 1.31. The third kappa shape index (κ3) is 4.80. The summed E-state index contributed by atoms with van der Waals surface area (Å²) in [7, 11) is 0. The predicted molar refractivity (Wildman–Crippen MR) is 68.7 cm³/mol. The Morgan fingerprint density at radius 2 is 1.80 bits per heavy atom. The Labute approximate surface area is 101 Å². The number of hydrogen-bond acceptors (Lipinski definition) is 1. The van der Waals surface area contributed by atoms with Crippen molar-refractivity contribution in [1.82, 2.24) is 0 Å². The van der Waals surface area contributed by atoms with Crippen molar-refractivity contribution < 1.29 is 4.74 Å². The van der Waals surface area contributed by atoms with Gasteiger partial charge in [0.2, 0.25) is 0 Å². The van der Waals surface area contributed by atoms with Crippen molar-refractivity contribution in [1.29, 1.82) is 0 Å². The summed E-state index contributed by atoms with van der Waals surface area (Å²) in [6, 6.07) is 10.5. The average molecular weight is 271 g/mol. The van der Waals surface area contributed by atoms with Gasteiger partial charge in [0.25, 0.3) is 0 Å². The Bertz CT molecular complexity index is 276. The lowest BCUT2D eigenvalue weighted by Gasteiger charge is -2.23. The van der Waals surface area contributed by atoms with E-state index in [0.29, 0.717) is 5.92 Å². The number of benzene rings is 1. The average Bonchev–Trinajstić information content (AvgIpc) is 2.19. The van der Waals surface area contributed by atoms with Crippen molar-refractivity contribution in [2.45, 2.75) is 32.3 Å². The Hall–Kier alpha value is -0.340. The normalized spacial score (nSPS) is 13.9. The standard InChI is InChI=1S/C13H19BrO/c1-13(2,3)15-10-12(9-14)11-7-5-4-6-8-11/h4-8,12H,9-10H2,1-3H3. The van der Waals surface area contributed by atoms with Crippen molar-refractivity contribution in [2.75, 3.05) is 11.9 Å². The van der Waals surface area contributed by atoms with Gasteiger partial charge < -0.3 is 4.74 Å². The van der Waals surface area contributed by atoms with Gasteiger partial charge in [-0.15, -0.1) is 0 Å².